The molecule has 0 atom stereocenters. The molecule has 0 spiro atoms. The number of benzene rings is 2. The molecule has 0 saturated heterocycles. The molecule has 0 aromatic heterocycles. The Balaban J connectivity index is 1.54. The van der Waals surface area contributed by atoms with Gasteiger partial charge in [0.2, 0.25) is 10.0 Å². The molecule has 1 aliphatic carbocycles. The summed E-state index contributed by atoms with van der Waals surface area (Å²) >= 11 is 0. The molecule has 0 aliphatic heterocycles. The summed E-state index contributed by atoms with van der Waals surface area (Å²) in [6.45, 7) is -0.602. The summed E-state index contributed by atoms with van der Waals surface area (Å²) in [4.78, 5) is 36.3. The fourth-order valence-corrected chi connectivity index (χ4v) is 4.04. The van der Waals surface area contributed by atoms with Crippen LogP contribution in [0.15, 0.2) is 47.4 Å². The summed E-state index contributed by atoms with van der Waals surface area (Å²) in [5.74, 6) is -2.13. The Kier molecular flexibility index (Phi) is 6.33. The van der Waals surface area contributed by atoms with Crippen LogP contribution in [0.1, 0.15) is 38.3 Å². The van der Waals surface area contributed by atoms with Crippen LogP contribution >= 0.6 is 0 Å². The van der Waals surface area contributed by atoms with E-state index in [1.54, 1.807) is 12.1 Å². The van der Waals surface area contributed by atoms with Crippen LogP contribution in [0.5, 0.6) is 0 Å². The van der Waals surface area contributed by atoms with E-state index in [-0.39, 0.29) is 10.5 Å². The van der Waals surface area contributed by atoms with E-state index in [0.717, 1.165) is 29.1 Å². The standard InChI is InChI=1S/C21H22N2O6S/c1-23(2)30(27,28)18-10-8-15(9-11-18)20(25)22-19(24)13-29-21(26)17-7-6-14-4-3-5-16(14)12-17/h6-12H,3-5,13H2,1-2H3,(H,22,24,25). The molecule has 0 heterocycles. The number of ether oxygens (including phenoxy) is 1. The Morgan fingerprint density at radius 2 is 1.60 bits per heavy atom. The van der Waals surface area contributed by atoms with E-state index in [0.29, 0.717) is 5.56 Å². The van der Waals surface area contributed by atoms with Crippen molar-refractivity contribution in [2.75, 3.05) is 20.7 Å². The highest BCUT2D eigenvalue weighted by atomic mass is 32.2. The number of rotatable bonds is 6. The van der Waals surface area contributed by atoms with Gasteiger partial charge in [-0.05, 0) is 66.8 Å². The molecule has 0 fully saturated rings. The van der Waals surface area contributed by atoms with Crippen LogP contribution in [0.4, 0.5) is 0 Å². The number of carbonyl (C=O) groups excluding carboxylic acids is 3. The van der Waals surface area contributed by atoms with E-state index >= 15 is 0 Å². The minimum atomic E-state index is -3.61. The molecule has 0 bridgehead atoms. The zero-order valence-electron chi connectivity index (χ0n) is 16.7. The second-order valence-electron chi connectivity index (χ2n) is 7.10. The molecule has 1 N–H and O–H groups in total. The number of sulfonamides is 1. The van der Waals surface area contributed by atoms with Gasteiger partial charge in [-0.3, -0.25) is 14.9 Å². The fourth-order valence-electron chi connectivity index (χ4n) is 3.14. The maximum atomic E-state index is 12.2. The molecule has 0 unspecified atom stereocenters. The highest BCUT2D eigenvalue weighted by Gasteiger charge is 2.19. The van der Waals surface area contributed by atoms with Gasteiger partial charge in [0, 0.05) is 19.7 Å². The van der Waals surface area contributed by atoms with E-state index in [4.69, 9.17) is 4.74 Å². The van der Waals surface area contributed by atoms with Crippen molar-refractivity contribution >= 4 is 27.8 Å². The van der Waals surface area contributed by atoms with E-state index < -0.39 is 34.4 Å². The third kappa shape index (κ3) is 4.74. The number of imide groups is 1. The first kappa shape index (κ1) is 21.7. The van der Waals surface area contributed by atoms with E-state index in [1.807, 2.05) is 6.07 Å². The van der Waals surface area contributed by atoms with Crippen molar-refractivity contribution in [2.45, 2.75) is 24.2 Å². The fraction of sp³-hybridized carbons (Fsp3) is 0.286. The summed E-state index contributed by atoms with van der Waals surface area (Å²) in [7, 11) is -0.811. The molecule has 9 heteroatoms. The molecule has 1 aliphatic rings. The number of fused-ring (bicyclic) bond motifs is 1. The molecule has 2 aromatic rings. The third-order valence-corrected chi connectivity index (χ3v) is 6.65. The monoisotopic (exact) mass is 430 g/mol. The Morgan fingerprint density at radius 3 is 2.27 bits per heavy atom. The second kappa shape index (κ2) is 8.76. The van der Waals surface area contributed by atoms with Crippen LogP contribution in [-0.2, 0) is 32.4 Å². The molecular weight excluding hydrogens is 408 g/mol. The van der Waals surface area contributed by atoms with Crippen molar-refractivity contribution in [3.63, 3.8) is 0 Å². The third-order valence-electron chi connectivity index (χ3n) is 4.82. The molecule has 0 radical (unpaired) electrons. The molecule has 30 heavy (non-hydrogen) atoms. The smallest absolute Gasteiger partial charge is 0.338 e. The molecule has 2 aromatic carbocycles. The van der Waals surface area contributed by atoms with Gasteiger partial charge in [-0.1, -0.05) is 6.07 Å². The lowest BCUT2D eigenvalue weighted by atomic mass is 10.1. The Bertz CT molecular complexity index is 1090. The normalized spacial score (nSPS) is 13.0. The lowest BCUT2D eigenvalue weighted by molar-refractivity contribution is -0.123. The number of hydrogen-bond donors (Lipinski definition) is 1. The van der Waals surface area contributed by atoms with Crippen molar-refractivity contribution in [2.24, 2.45) is 0 Å². The largest absolute Gasteiger partial charge is 0.452 e. The Morgan fingerprint density at radius 1 is 0.967 bits per heavy atom. The van der Waals surface area contributed by atoms with Gasteiger partial charge in [-0.15, -0.1) is 0 Å². The van der Waals surface area contributed by atoms with Crippen molar-refractivity contribution < 1.29 is 27.5 Å². The molecule has 3 rings (SSSR count). The number of amides is 2. The molecule has 8 nitrogen and oxygen atoms in total. The van der Waals surface area contributed by atoms with Gasteiger partial charge in [0.05, 0.1) is 10.5 Å². The van der Waals surface area contributed by atoms with Gasteiger partial charge >= 0.3 is 5.97 Å². The number of hydrogen-bond acceptors (Lipinski definition) is 6. The number of carbonyl (C=O) groups is 3. The number of esters is 1. The Labute approximate surface area is 174 Å². The van der Waals surface area contributed by atoms with E-state index in [9.17, 15) is 22.8 Å². The van der Waals surface area contributed by atoms with Gasteiger partial charge < -0.3 is 4.74 Å². The molecule has 158 valence electrons. The van der Waals surface area contributed by atoms with Gasteiger partial charge in [-0.2, -0.15) is 0 Å². The van der Waals surface area contributed by atoms with Crippen LogP contribution in [0.2, 0.25) is 0 Å². The number of nitrogens with one attached hydrogen (secondary N) is 1. The highest BCUT2D eigenvalue weighted by molar-refractivity contribution is 7.89. The maximum absolute atomic E-state index is 12.2. The quantitative estimate of drug-likeness (QED) is 0.696. The predicted molar refractivity (Wildman–Crippen MR) is 109 cm³/mol. The number of aryl methyl sites for hydroxylation is 2. The zero-order chi connectivity index (χ0) is 21.9. The zero-order valence-corrected chi connectivity index (χ0v) is 17.5. The Hall–Kier alpha value is -3.04. The van der Waals surface area contributed by atoms with Gasteiger partial charge in [0.15, 0.2) is 6.61 Å². The van der Waals surface area contributed by atoms with Gasteiger partial charge in [0.1, 0.15) is 0 Å². The lowest BCUT2D eigenvalue weighted by Crippen LogP contribution is -2.34. The van der Waals surface area contributed by atoms with Gasteiger partial charge in [-0.25, -0.2) is 17.5 Å². The first-order valence-electron chi connectivity index (χ1n) is 9.34. The van der Waals surface area contributed by atoms with Crippen LogP contribution in [0.25, 0.3) is 0 Å². The van der Waals surface area contributed by atoms with Crippen molar-refractivity contribution in [3.8, 4) is 0 Å². The van der Waals surface area contributed by atoms with Crippen molar-refractivity contribution in [1.29, 1.82) is 0 Å². The van der Waals surface area contributed by atoms with Crippen LogP contribution < -0.4 is 5.32 Å². The van der Waals surface area contributed by atoms with Crippen molar-refractivity contribution in [3.05, 3.63) is 64.7 Å². The first-order valence-corrected chi connectivity index (χ1v) is 10.8. The molecule has 0 saturated carbocycles. The topological polar surface area (TPSA) is 110 Å². The highest BCUT2D eigenvalue weighted by Crippen LogP contribution is 2.23. The van der Waals surface area contributed by atoms with Crippen LogP contribution in [-0.4, -0.2) is 51.2 Å². The predicted octanol–water partition coefficient (Wildman–Crippen LogP) is 1.54. The van der Waals surface area contributed by atoms with Gasteiger partial charge in [0.25, 0.3) is 11.8 Å². The van der Waals surface area contributed by atoms with Crippen LogP contribution in [0, 0.1) is 0 Å². The summed E-state index contributed by atoms with van der Waals surface area (Å²) in [6.07, 6.45) is 2.97. The maximum Gasteiger partial charge on any atom is 0.338 e. The number of nitrogens with zero attached hydrogens (tertiary/aromatic N) is 1. The first-order chi connectivity index (χ1) is 14.2. The SMILES string of the molecule is CN(C)S(=O)(=O)c1ccc(C(=O)NC(=O)COC(=O)c2ccc3c(c2)CCC3)cc1. The minimum absolute atomic E-state index is 0.0265. The molecule has 2 amide bonds. The van der Waals surface area contributed by atoms with E-state index in [1.165, 1.54) is 43.9 Å². The van der Waals surface area contributed by atoms with E-state index in [2.05, 4.69) is 5.32 Å². The summed E-state index contributed by atoms with van der Waals surface area (Å²) in [5, 5.41) is 2.11. The van der Waals surface area contributed by atoms with Crippen molar-refractivity contribution in [1.82, 2.24) is 9.62 Å². The summed E-state index contributed by atoms with van der Waals surface area (Å²) < 4.78 is 30.1. The lowest BCUT2D eigenvalue weighted by Gasteiger charge is -2.11. The average molecular weight is 430 g/mol. The summed E-state index contributed by atoms with van der Waals surface area (Å²) in [6, 6.07) is 10.5. The second-order valence-corrected chi connectivity index (χ2v) is 9.25. The average Bonchev–Trinajstić information content (AvgIpc) is 3.19. The minimum Gasteiger partial charge on any atom is -0.452 e. The van der Waals surface area contributed by atoms with Crippen LogP contribution in [0.3, 0.4) is 0 Å². The molecular formula is C21H22N2O6S. The summed E-state index contributed by atoms with van der Waals surface area (Å²) in [5.41, 5.74) is 2.81.